The molecular formula is C12H7Cl2FOS. The predicted molar refractivity (Wildman–Crippen MR) is 68.9 cm³/mol. The van der Waals surface area contributed by atoms with Crippen LogP contribution in [-0.2, 0) is 0 Å². The van der Waals surface area contributed by atoms with Crippen LogP contribution in [0.5, 0.6) is 0 Å². The summed E-state index contributed by atoms with van der Waals surface area (Å²) in [7, 11) is 0. The van der Waals surface area contributed by atoms with Crippen molar-refractivity contribution in [3.63, 3.8) is 0 Å². The summed E-state index contributed by atoms with van der Waals surface area (Å²) in [4.78, 5) is 12.4. The van der Waals surface area contributed by atoms with Crippen LogP contribution in [0.25, 0.3) is 0 Å². The molecule has 17 heavy (non-hydrogen) atoms. The van der Waals surface area contributed by atoms with E-state index in [1.165, 1.54) is 18.2 Å². The van der Waals surface area contributed by atoms with E-state index in [-0.39, 0.29) is 5.56 Å². The maximum atomic E-state index is 13.5. The second-order valence-corrected chi connectivity index (χ2v) is 5.61. The average Bonchev–Trinajstić information content (AvgIpc) is 2.62. The fourth-order valence-corrected chi connectivity index (χ4v) is 2.70. The summed E-state index contributed by atoms with van der Waals surface area (Å²) in [6, 6.07) is 5.55. The molecular weight excluding hydrogens is 282 g/mol. The summed E-state index contributed by atoms with van der Waals surface area (Å²) >= 11 is 12.8. The lowest BCUT2D eigenvalue weighted by atomic mass is 10.1. The first-order chi connectivity index (χ1) is 7.99. The van der Waals surface area contributed by atoms with Crippen LogP contribution < -0.4 is 0 Å². The Balaban J connectivity index is 2.47. The minimum absolute atomic E-state index is 0.0320. The number of halogens is 3. The second-order valence-electron chi connectivity index (χ2n) is 3.52. The fourth-order valence-electron chi connectivity index (χ4n) is 1.38. The number of hydrogen-bond acceptors (Lipinski definition) is 2. The molecule has 0 spiro atoms. The van der Waals surface area contributed by atoms with E-state index >= 15 is 0 Å². The number of hydrogen-bond donors (Lipinski definition) is 0. The van der Waals surface area contributed by atoms with Gasteiger partial charge in [-0.3, -0.25) is 4.79 Å². The third-order valence-electron chi connectivity index (χ3n) is 2.25. The number of carbonyl (C=O) groups excluding carboxylic acids is 1. The van der Waals surface area contributed by atoms with E-state index in [4.69, 9.17) is 23.2 Å². The van der Waals surface area contributed by atoms with Crippen molar-refractivity contribution in [2.45, 2.75) is 6.92 Å². The van der Waals surface area contributed by atoms with Gasteiger partial charge >= 0.3 is 0 Å². The molecule has 0 unspecified atom stereocenters. The van der Waals surface area contributed by atoms with E-state index < -0.39 is 11.6 Å². The number of thiophene rings is 1. The van der Waals surface area contributed by atoms with E-state index in [1.54, 1.807) is 13.0 Å². The van der Waals surface area contributed by atoms with Gasteiger partial charge in [0, 0.05) is 5.02 Å². The molecule has 1 aromatic heterocycles. The van der Waals surface area contributed by atoms with Crippen molar-refractivity contribution < 1.29 is 9.18 Å². The first kappa shape index (κ1) is 12.6. The van der Waals surface area contributed by atoms with Crippen molar-refractivity contribution in [3.8, 4) is 0 Å². The normalized spacial score (nSPS) is 10.6. The highest BCUT2D eigenvalue weighted by Gasteiger charge is 2.17. The van der Waals surface area contributed by atoms with E-state index in [1.807, 2.05) is 0 Å². The average molecular weight is 289 g/mol. The Morgan fingerprint density at radius 3 is 2.59 bits per heavy atom. The first-order valence-electron chi connectivity index (χ1n) is 4.74. The van der Waals surface area contributed by atoms with Gasteiger partial charge in [-0.15, -0.1) is 11.3 Å². The van der Waals surface area contributed by atoms with Crippen LogP contribution >= 0.6 is 34.5 Å². The summed E-state index contributed by atoms with van der Waals surface area (Å²) in [5.41, 5.74) is 0.776. The van der Waals surface area contributed by atoms with Crippen LogP contribution in [0.4, 0.5) is 4.39 Å². The Morgan fingerprint density at radius 2 is 2.00 bits per heavy atom. The molecule has 2 aromatic rings. The van der Waals surface area contributed by atoms with Crippen molar-refractivity contribution in [2.24, 2.45) is 0 Å². The Morgan fingerprint density at radius 1 is 1.29 bits per heavy atom. The van der Waals surface area contributed by atoms with Gasteiger partial charge in [0.25, 0.3) is 0 Å². The molecule has 0 N–H and O–H groups in total. The van der Waals surface area contributed by atoms with Crippen LogP contribution in [0, 0.1) is 12.7 Å². The zero-order chi connectivity index (χ0) is 12.6. The van der Waals surface area contributed by atoms with Gasteiger partial charge in [-0.05, 0) is 36.8 Å². The second kappa shape index (κ2) is 4.77. The van der Waals surface area contributed by atoms with Gasteiger partial charge in [0.05, 0.1) is 14.8 Å². The Kier molecular flexibility index (Phi) is 3.52. The summed E-state index contributed by atoms with van der Waals surface area (Å²) in [5.74, 6) is -0.980. The number of carbonyl (C=O) groups is 1. The summed E-state index contributed by atoms with van der Waals surface area (Å²) in [6.07, 6.45) is 0. The van der Waals surface area contributed by atoms with Gasteiger partial charge in [-0.1, -0.05) is 23.2 Å². The van der Waals surface area contributed by atoms with Crippen molar-refractivity contribution in [1.29, 1.82) is 0 Å². The number of rotatable bonds is 2. The van der Waals surface area contributed by atoms with E-state index in [0.717, 1.165) is 16.9 Å². The first-order valence-corrected chi connectivity index (χ1v) is 6.32. The molecule has 1 heterocycles. The fraction of sp³-hybridized carbons (Fsp3) is 0.0833. The molecule has 1 aromatic carbocycles. The molecule has 1 nitrogen and oxygen atoms in total. The molecule has 0 aliphatic carbocycles. The molecule has 0 radical (unpaired) electrons. The molecule has 5 heteroatoms. The van der Waals surface area contributed by atoms with E-state index in [2.05, 4.69) is 0 Å². The molecule has 0 saturated carbocycles. The van der Waals surface area contributed by atoms with Crippen molar-refractivity contribution in [2.75, 3.05) is 0 Å². The Hall–Kier alpha value is -0.900. The molecule has 0 fully saturated rings. The van der Waals surface area contributed by atoms with Crippen molar-refractivity contribution in [3.05, 3.63) is 55.4 Å². The SMILES string of the molecule is Cc1cc(C(=O)c2cc(Cl)ccc2F)sc1Cl. The largest absolute Gasteiger partial charge is 0.288 e. The topological polar surface area (TPSA) is 17.1 Å². The molecule has 0 atom stereocenters. The van der Waals surface area contributed by atoms with Crippen LogP contribution in [-0.4, -0.2) is 5.78 Å². The van der Waals surface area contributed by atoms with Crippen molar-refractivity contribution >= 4 is 40.3 Å². The lowest BCUT2D eigenvalue weighted by Gasteiger charge is -2.00. The molecule has 0 saturated heterocycles. The Labute approximate surface area is 112 Å². The van der Waals surface area contributed by atoms with Gasteiger partial charge < -0.3 is 0 Å². The van der Waals surface area contributed by atoms with E-state index in [0.29, 0.717) is 14.2 Å². The van der Waals surface area contributed by atoms with Gasteiger partial charge in [0.15, 0.2) is 0 Å². The van der Waals surface area contributed by atoms with E-state index in [9.17, 15) is 9.18 Å². The molecule has 0 aliphatic heterocycles. The number of aryl methyl sites for hydroxylation is 1. The monoisotopic (exact) mass is 288 g/mol. The van der Waals surface area contributed by atoms with Gasteiger partial charge in [-0.25, -0.2) is 4.39 Å². The standard InChI is InChI=1S/C12H7Cl2FOS/c1-6-4-10(17-12(6)14)11(16)8-5-7(13)2-3-9(8)15/h2-5H,1H3. The van der Waals surface area contributed by atoms with Crippen molar-refractivity contribution in [1.82, 2.24) is 0 Å². The van der Waals surface area contributed by atoms with Crippen LogP contribution in [0.15, 0.2) is 24.3 Å². The van der Waals surface area contributed by atoms with Crippen LogP contribution in [0.3, 0.4) is 0 Å². The minimum atomic E-state index is -0.582. The van der Waals surface area contributed by atoms with Crippen LogP contribution in [0.1, 0.15) is 20.8 Å². The molecule has 2 rings (SSSR count). The molecule has 0 amide bonds. The zero-order valence-corrected chi connectivity index (χ0v) is 11.1. The maximum Gasteiger partial charge on any atom is 0.206 e. The van der Waals surface area contributed by atoms with Gasteiger partial charge in [0.2, 0.25) is 5.78 Å². The summed E-state index contributed by atoms with van der Waals surface area (Å²) in [5, 5.41) is 0.328. The highest BCUT2D eigenvalue weighted by Crippen LogP contribution is 2.29. The predicted octanol–water partition coefficient (Wildman–Crippen LogP) is 4.73. The zero-order valence-electron chi connectivity index (χ0n) is 8.76. The highest BCUT2D eigenvalue weighted by atomic mass is 35.5. The smallest absolute Gasteiger partial charge is 0.206 e. The maximum absolute atomic E-state index is 13.5. The van der Waals surface area contributed by atoms with Gasteiger partial charge in [-0.2, -0.15) is 0 Å². The lowest BCUT2D eigenvalue weighted by Crippen LogP contribution is -2.01. The van der Waals surface area contributed by atoms with Crippen LogP contribution in [0.2, 0.25) is 9.36 Å². The molecule has 88 valence electrons. The molecule has 0 aliphatic rings. The Bertz CT molecular complexity index is 573. The molecule has 0 bridgehead atoms. The number of ketones is 1. The third-order valence-corrected chi connectivity index (χ3v) is 4.04. The minimum Gasteiger partial charge on any atom is -0.288 e. The van der Waals surface area contributed by atoms with Gasteiger partial charge in [0.1, 0.15) is 5.82 Å². The highest BCUT2D eigenvalue weighted by molar-refractivity contribution is 7.18. The summed E-state index contributed by atoms with van der Waals surface area (Å²) < 4.78 is 14.0. The number of benzene rings is 1. The summed E-state index contributed by atoms with van der Waals surface area (Å²) in [6.45, 7) is 1.80. The lowest BCUT2D eigenvalue weighted by molar-refractivity contribution is 0.103. The third kappa shape index (κ3) is 2.51. The quantitative estimate of drug-likeness (QED) is 0.730.